The average molecular weight is 303 g/mol. The zero-order valence-electron chi connectivity index (χ0n) is 11.9. The summed E-state index contributed by atoms with van der Waals surface area (Å²) in [6.45, 7) is 2.15. The molecule has 0 saturated heterocycles. The molecule has 0 radical (unpaired) electrons. The molecule has 0 bridgehead atoms. The van der Waals surface area contributed by atoms with E-state index in [0.717, 1.165) is 21.9 Å². The van der Waals surface area contributed by atoms with Crippen molar-refractivity contribution in [2.24, 2.45) is 5.10 Å². The molecule has 1 heterocycles. The van der Waals surface area contributed by atoms with Crippen molar-refractivity contribution in [3.8, 4) is 5.75 Å². The van der Waals surface area contributed by atoms with Gasteiger partial charge in [-0.3, -0.25) is 4.79 Å². The Labute approximate surface area is 127 Å². The molecule has 1 aromatic carbocycles. The summed E-state index contributed by atoms with van der Waals surface area (Å²) in [4.78, 5) is 12.7. The van der Waals surface area contributed by atoms with Gasteiger partial charge in [0.05, 0.1) is 19.9 Å². The van der Waals surface area contributed by atoms with E-state index in [0.29, 0.717) is 0 Å². The van der Waals surface area contributed by atoms with Crippen LogP contribution in [0.4, 0.5) is 5.69 Å². The molecule has 21 heavy (non-hydrogen) atoms. The Bertz CT molecular complexity index is 637. The van der Waals surface area contributed by atoms with Gasteiger partial charge in [-0.1, -0.05) is 6.07 Å². The summed E-state index contributed by atoms with van der Waals surface area (Å²) in [7, 11) is 1.60. The van der Waals surface area contributed by atoms with Crippen molar-refractivity contribution in [1.82, 2.24) is 5.43 Å². The second-order valence-corrected chi connectivity index (χ2v) is 5.29. The summed E-state index contributed by atoms with van der Waals surface area (Å²) in [5, 5.41) is 8.94. The molecule has 1 amide bonds. The maximum atomic E-state index is 11.7. The Morgan fingerprint density at radius 3 is 3.00 bits per heavy atom. The second-order valence-electron chi connectivity index (χ2n) is 4.35. The number of carbonyl (C=O) groups excluding carboxylic acids is 1. The smallest absolute Gasteiger partial charge is 0.259 e. The number of hydrogen-bond donors (Lipinski definition) is 2. The zero-order valence-corrected chi connectivity index (χ0v) is 12.7. The predicted octanol–water partition coefficient (Wildman–Crippen LogP) is 2.63. The lowest BCUT2D eigenvalue weighted by atomic mass is 10.3. The van der Waals surface area contributed by atoms with Crippen molar-refractivity contribution in [3.63, 3.8) is 0 Å². The van der Waals surface area contributed by atoms with Crippen molar-refractivity contribution in [1.29, 1.82) is 0 Å². The highest BCUT2D eigenvalue weighted by molar-refractivity contribution is 7.11. The monoisotopic (exact) mass is 303 g/mol. The third-order valence-corrected chi connectivity index (χ3v) is 3.75. The quantitative estimate of drug-likeness (QED) is 0.637. The molecule has 0 aliphatic rings. The van der Waals surface area contributed by atoms with Gasteiger partial charge in [-0.2, -0.15) is 5.10 Å². The third kappa shape index (κ3) is 4.61. The minimum Gasteiger partial charge on any atom is -0.497 e. The van der Waals surface area contributed by atoms with Crippen molar-refractivity contribution in [3.05, 3.63) is 46.2 Å². The molecular weight excluding hydrogens is 286 g/mol. The van der Waals surface area contributed by atoms with E-state index in [1.54, 1.807) is 24.7 Å². The van der Waals surface area contributed by atoms with Gasteiger partial charge in [0, 0.05) is 16.6 Å². The number of carbonyl (C=O) groups is 1. The van der Waals surface area contributed by atoms with Gasteiger partial charge in [0.25, 0.3) is 5.91 Å². The second kappa shape index (κ2) is 7.44. The van der Waals surface area contributed by atoms with Crippen LogP contribution in [0.3, 0.4) is 0 Å². The van der Waals surface area contributed by atoms with E-state index in [9.17, 15) is 4.79 Å². The van der Waals surface area contributed by atoms with Gasteiger partial charge in [0.15, 0.2) is 0 Å². The van der Waals surface area contributed by atoms with E-state index in [2.05, 4.69) is 15.8 Å². The molecule has 0 spiro atoms. The van der Waals surface area contributed by atoms with E-state index in [-0.39, 0.29) is 12.5 Å². The molecule has 0 fully saturated rings. The summed E-state index contributed by atoms with van der Waals surface area (Å²) >= 11 is 1.59. The molecule has 2 aromatic rings. The van der Waals surface area contributed by atoms with Crippen molar-refractivity contribution >= 4 is 29.1 Å². The largest absolute Gasteiger partial charge is 0.497 e. The highest BCUT2D eigenvalue weighted by atomic mass is 32.1. The maximum Gasteiger partial charge on any atom is 0.259 e. The van der Waals surface area contributed by atoms with Crippen LogP contribution in [-0.4, -0.2) is 25.8 Å². The average Bonchev–Trinajstić information content (AvgIpc) is 2.91. The summed E-state index contributed by atoms with van der Waals surface area (Å²) in [5.74, 6) is 0.537. The van der Waals surface area contributed by atoms with Crippen LogP contribution in [0.1, 0.15) is 10.4 Å². The van der Waals surface area contributed by atoms with Gasteiger partial charge in [-0.15, -0.1) is 11.3 Å². The first kappa shape index (κ1) is 15.1. The minimum atomic E-state index is -0.205. The predicted molar refractivity (Wildman–Crippen MR) is 86.3 cm³/mol. The summed E-state index contributed by atoms with van der Waals surface area (Å²) in [6.07, 6.45) is 1.66. The molecule has 1 aromatic heterocycles. The van der Waals surface area contributed by atoms with Crippen LogP contribution in [-0.2, 0) is 4.79 Å². The van der Waals surface area contributed by atoms with Gasteiger partial charge in [0.1, 0.15) is 5.75 Å². The number of rotatable bonds is 6. The molecule has 0 unspecified atom stereocenters. The zero-order chi connectivity index (χ0) is 15.1. The summed E-state index contributed by atoms with van der Waals surface area (Å²) < 4.78 is 5.12. The number of ether oxygens (including phenoxy) is 1. The number of methoxy groups -OCH3 is 1. The maximum absolute atomic E-state index is 11.7. The van der Waals surface area contributed by atoms with Crippen LogP contribution in [0, 0.1) is 6.92 Å². The summed E-state index contributed by atoms with van der Waals surface area (Å²) in [5.41, 5.74) is 4.46. The molecule has 2 rings (SSSR count). The first-order chi connectivity index (χ1) is 10.2. The number of benzene rings is 1. The van der Waals surface area contributed by atoms with Gasteiger partial charge < -0.3 is 10.1 Å². The summed E-state index contributed by atoms with van der Waals surface area (Å²) in [6, 6.07) is 9.41. The number of aryl methyl sites for hydroxylation is 1. The van der Waals surface area contributed by atoms with Crippen LogP contribution in [0.15, 0.2) is 40.8 Å². The van der Waals surface area contributed by atoms with E-state index >= 15 is 0 Å². The molecule has 0 aliphatic carbocycles. The van der Waals surface area contributed by atoms with Gasteiger partial charge in [-0.05, 0) is 36.1 Å². The number of nitrogens with one attached hydrogen (secondary N) is 2. The Morgan fingerprint density at radius 1 is 1.43 bits per heavy atom. The number of anilines is 1. The normalized spacial score (nSPS) is 10.6. The number of nitrogens with zero attached hydrogens (tertiary/aromatic N) is 1. The fraction of sp³-hybridized carbons (Fsp3) is 0.200. The van der Waals surface area contributed by atoms with Gasteiger partial charge in [-0.25, -0.2) is 5.43 Å². The van der Waals surface area contributed by atoms with Crippen LogP contribution in [0.5, 0.6) is 5.75 Å². The highest BCUT2D eigenvalue weighted by Gasteiger charge is 2.01. The lowest BCUT2D eigenvalue weighted by molar-refractivity contribution is -0.119. The Balaban J connectivity index is 1.79. The first-order valence-electron chi connectivity index (χ1n) is 6.43. The van der Waals surface area contributed by atoms with Crippen molar-refractivity contribution < 1.29 is 9.53 Å². The molecule has 0 atom stereocenters. The molecule has 0 saturated carbocycles. The Kier molecular flexibility index (Phi) is 5.34. The van der Waals surface area contributed by atoms with E-state index in [1.165, 1.54) is 0 Å². The lowest BCUT2D eigenvalue weighted by Crippen LogP contribution is -2.25. The SMILES string of the molecule is COc1cccc(NCC(=O)N/N=C\c2sccc2C)c1. The van der Waals surface area contributed by atoms with Crippen LogP contribution in [0.2, 0.25) is 0 Å². The Morgan fingerprint density at radius 2 is 2.29 bits per heavy atom. The number of amides is 1. The molecular formula is C15H17N3O2S. The molecule has 110 valence electrons. The Hall–Kier alpha value is -2.34. The van der Waals surface area contributed by atoms with Gasteiger partial charge in [0.2, 0.25) is 0 Å². The molecule has 5 nitrogen and oxygen atoms in total. The fourth-order valence-electron chi connectivity index (χ4n) is 1.63. The van der Waals surface area contributed by atoms with Crippen LogP contribution < -0.4 is 15.5 Å². The number of hydrogen-bond acceptors (Lipinski definition) is 5. The van der Waals surface area contributed by atoms with Crippen LogP contribution in [0.25, 0.3) is 0 Å². The number of thiophene rings is 1. The van der Waals surface area contributed by atoms with E-state index in [4.69, 9.17) is 4.74 Å². The third-order valence-electron chi connectivity index (χ3n) is 2.80. The molecule has 0 aliphatic heterocycles. The van der Waals surface area contributed by atoms with E-state index < -0.39 is 0 Å². The lowest BCUT2D eigenvalue weighted by Gasteiger charge is -2.06. The highest BCUT2D eigenvalue weighted by Crippen LogP contribution is 2.16. The van der Waals surface area contributed by atoms with Crippen molar-refractivity contribution in [2.75, 3.05) is 19.0 Å². The first-order valence-corrected chi connectivity index (χ1v) is 7.31. The van der Waals surface area contributed by atoms with Gasteiger partial charge >= 0.3 is 0 Å². The molecule has 6 heteroatoms. The van der Waals surface area contributed by atoms with Crippen molar-refractivity contribution in [2.45, 2.75) is 6.92 Å². The van der Waals surface area contributed by atoms with E-state index in [1.807, 2.05) is 42.6 Å². The minimum absolute atomic E-state index is 0.147. The number of hydrazone groups is 1. The topological polar surface area (TPSA) is 62.7 Å². The van der Waals surface area contributed by atoms with Crippen LogP contribution >= 0.6 is 11.3 Å². The molecule has 2 N–H and O–H groups in total. The fourth-order valence-corrected chi connectivity index (χ4v) is 2.42. The standard InChI is InChI=1S/C15H17N3O2S/c1-11-6-7-21-14(11)9-17-18-15(19)10-16-12-4-3-5-13(8-12)20-2/h3-9,16H,10H2,1-2H3,(H,18,19)/b17-9-.